The minimum atomic E-state index is -0.140. The van der Waals surface area contributed by atoms with E-state index in [9.17, 15) is 9.59 Å². The van der Waals surface area contributed by atoms with Gasteiger partial charge < -0.3 is 15.4 Å². The van der Waals surface area contributed by atoms with Gasteiger partial charge in [0.1, 0.15) is 0 Å². The number of hydrogen-bond donors (Lipinski definition) is 2. The van der Waals surface area contributed by atoms with Crippen LogP contribution in [-0.4, -0.2) is 46.3 Å². The maximum Gasteiger partial charge on any atom is 0.251 e. The van der Waals surface area contributed by atoms with Gasteiger partial charge >= 0.3 is 0 Å². The van der Waals surface area contributed by atoms with Crippen molar-refractivity contribution in [2.45, 2.75) is 32.2 Å². The van der Waals surface area contributed by atoms with Crippen LogP contribution in [0.5, 0.6) is 0 Å². The number of benzene rings is 1. The summed E-state index contributed by atoms with van der Waals surface area (Å²) in [5.41, 5.74) is 4.85. The third-order valence-corrected chi connectivity index (χ3v) is 5.11. The van der Waals surface area contributed by atoms with Gasteiger partial charge in [0, 0.05) is 30.5 Å². The second kappa shape index (κ2) is 9.09. The molecule has 8 heteroatoms. The summed E-state index contributed by atoms with van der Waals surface area (Å²) in [4.78, 5) is 28.6. The van der Waals surface area contributed by atoms with E-state index in [2.05, 4.69) is 20.7 Å². The molecule has 0 bridgehead atoms. The van der Waals surface area contributed by atoms with Crippen molar-refractivity contribution in [2.75, 3.05) is 19.0 Å². The highest BCUT2D eigenvalue weighted by Crippen LogP contribution is 2.26. The Morgan fingerprint density at radius 3 is 2.81 bits per heavy atom. The van der Waals surface area contributed by atoms with Crippen molar-refractivity contribution < 1.29 is 14.3 Å². The molecule has 1 aliphatic rings. The van der Waals surface area contributed by atoms with E-state index in [1.807, 2.05) is 31.3 Å². The zero-order valence-corrected chi connectivity index (χ0v) is 17.6. The Kier molecular flexibility index (Phi) is 6.08. The van der Waals surface area contributed by atoms with Crippen LogP contribution in [0.3, 0.4) is 0 Å². The number of ether oxygens (including phenoxy) is 1. The first kappa shape index (κ1) is 20.7. The highest BCUT2D eigenvalue weighted by atomic mass is 16.5. The van der Waals surface area contributed by atoms with E-state index >= 15 is 0 Å². The summed E-state index contributed by atoms with van der Waals surface area (Å²) in [7, 11) is 1.56. The van der Waals surface area contributed by atoms with Gasteiger partial charge in [-0.05, 0) is 49.1 Å². The van der Waals surface area contributed by atoms with Crippen LogP contribution < -0.4 is 10.6 Å². The maximum atomic E-state index is 12.4. The lowest BCUT2D eigenvalue weighted by atomic mass is 10.0. The first-order chi connectivity index (χ1) is 15.0. The molecule has 0 atom stereocenters. The number of anilines is 1. The molecule has 1 aromatic carbocycles. The summed E-state index contributed by atoms with van der Waals surface area (Å²) in [6.07, 6.45) is 9.29. The number of carbonyl (C=O) groups is 2. The Bertz CT molecular complexity index is 1100. The van der Waals surface area contributed by atoms with E-state index in [0.717, 1.165) is 35.2 Å². The number of nitrogens with zero attached hydrogens (tertiary/aromatic N) is 3. The summed E-state index contributed by atoms with van der Waals surface area (Å²) in [5.74, 6) is -0.184. The van der Waals surface area contributed by atoms with Gasteiger partial charge in [-0.1, -0.05) is 6.07 Å². The minimum Gasteiger partial charge on any atom is -0.384 e. The van der Waals surface area contributed by atoms with Crippen LogP contribution in [0.15, 0.2) is 49.1 Å². The average Bonchev–Trinajstić information content (AvgIpc) is 3.44. The smallest absolute Gasteiger partial charge is 0.251 e. The van der Waals surface area contributed by atoms with Crippen LogP contribution in [0.25, 0.3) is 16.8 Å². The SMILES string of the molecule is COCCC(=O)Nc1cncc(-n2cc(-c3cc(C(=O)NC4CC4)ccc3C)cn2)c1. The van der Waals surface area contributed by atoms with Crippen LogP contribution in [0.4, 0.5) is 5.69 Å². The molecule has 0 unspecified atom stereocenters. The molecule has 2 aromatic heterocycles. The van der Waals surface area contributed by atoms with Gasteiger partial charge in [0.05, 0.1) is 43.0 Å². The number of methoxy groups -OCH3 is 1. The number of rotatable bonds is 8. The zero-order valence-electron chi connectivity index (χ0n) is 17.6. The van der Waals surface area contributed by atoms with Crippen molar-refractivity contribution in [1.82, 2.24) is 20.1 Å². The van der Waals surface area contributed by atoms with E-state index in [4.69, 9.17) is 4.74 Å². The van der Waals surface area contributed by atoms with Crippen molar-refractivity contribution in [3.05, 3.63) is 60.2 Å². The molecule has 31 heavy (non-hydrogen) atoms. The fourth-order valence-corrected chi connectivity index (χ4v) is 3.21. The molecule has 0 saturated heterocycles. The molecule has 160 valence electrons. The highest BCUT2D eigenvalue weighted by molar-refractivity contribution is 5.96. The Labute approximate surface area is 180 Å². The fraction of sp³-hybridized carbons (Fsp3) is 0.304. The molecule has 0 radical (unpaired) electrons. The first-order valence-corrected chi connectivity index (χ1v) is 10.2. The van der Waals surface area contributed by atoms with Crippen LogP contribution in [0, 0.1) is 6.92 Å². The van der Waals surface area contributed by atoms with Gasteiger partial charge in [0.25, 0.3) is 5.91 Å². The predicted molar refractivity (Wildman–Crippen MR) is 117 cm³/mol. The van der Waals surface area contributed by atoms with Crippen molar-refractivity contribution in [3.8, 4) is 16.8 Å². The normalized spacial score (nSPS) is 13.1. The first-order valence-electron chi connectivity index (χ1n) is 10.2. The van der Waals surface area contributed by atoms with Crippen LogP contribution in [0.1, 0.15) is 35.2 Å². The molecule has 1 aliphatic carbocycles. The lowest BCUT2D eigenvalue weighted by molar-refractivity contribution is -0.117. The largest absolute Gasteiger partial charge is 0.384 e. The predicted octanol–water partition coefficient (Wildman–Crippen LogP) is 3.11. The molecule has 8 nitrogen and oxygen atoms in total. The standard InChI is InChI=1S/C23H25N5O3/c1-15-3-4-16(23(30)27-18-5-6-18)9-21(15)17-11-25-28(14-17)20-10-19(12-24-13-20)26-22(29)7-8-31-2/h3-4,9-14,18H,5-8H2,1-2H3,(H,26,29)(H,27,30). The third-order valence-electron chi connectivity index (χ3n) is 5.11. The molecule has 0 spiro atoms. The van der Waals surface area contributed by atoms with Gasteiger partial charge in [-0.2, -0.15) is 5.10 Å². The Morgan fingerprint density at radius 1 is 1.19 bits per heavy atom. The molecule has 1 saturated carbocycles. The molecule has 2 heterocycles. The fourth-order valence-electron chi connectivity index (χ4n) is 3.21. The molecule has 4 rings (SSSR count). The average molecular weight is 419 g/mol. The number of aromatic nitrogens is 3. The summed E-state index contributed by atoms with van der Waals surface area (Å²) in [5, 5.41) is 10.3. The molecule has 2 amide bonds. The van der Waals surface area contributed by atoms with Gasteiger partial charge in [-0.25, -0.2) is 4.68 Å². The van der Waals surface area contributed by atoms with Gasteiger partial charge in [-0.3, -0.25) is 14.6 Å². The summed E-state index contributed by atoms with van der Waals surface area (Å²) in [6, 6.07) is 7.82. The molecular weight excluding hydrogens is 394 g/mol. The number of amides is 2. The number of pyridine rings is 1. The van der Waals surface area contributed by atoms with Crippen molar-refractivity contribution in [2.24, 2.45) is 0 Å². The third kappa shape index (κ3) is 5.16. The second-order valence-corrected chi connectivity index (χ2v) is 7.67. The second-order valence-electron chi connectivity index (χ2n) is 7.67. The van der Waals surface area contributed by atoms with Crippen molar-refractivity contribution in [1.29, 1.82) is 0 Å². The van der Waals surface area contributed by atoms with Crippen LogP contribution in [-0.2, 0) is 9.53 Å². The summed E-state index contributed by atoms with van der Waals surface area (Å²) >= 11 is 0. The number of hydrogen-bond acceptors (Lipinski definition) is 5. The highest BCUT2D eigenvalue weighted by Gasteiger charge is 2.24. The molecule has 1 fully saturated rings. The maximum absolute atomic E-state index is 12.4. The van der Waals surface area contributed by atoms with Crippen LogP contribution >= 0.6 is 0 Å². The lowest BCUT2D eigenvalue weighted by Gasteiger charge is -2.08. The molecule has 0 aliphatic heterocycles. The number of nitrogens with one attached hydrogen (secondary N) is 2. The Hall–Kier alpha value is -3.52. The molecule has 2 N–H and O–H groups in total. The van der Waals surface area contributed by atoms with E-state index < -0.39 is 0 Å². The van der Waals surface area contributed by atoms with Gasteiger partial charge in [0.2, 0.25) is 5.91 Å². The van der Waals surface area contributed by atoms with Crippen molar-refractivity contribution in [3.63, 3.8) is 0 Å². The number of carbonyl (C=O) groups excluding carboxylic acids is 2. The van der Waals surface area contributed by atoms with E-state index in [1.54, 1.807) is 36.4 Å². The number of aryl methyl sites for hydroxylation is 1. The van der Waals surface area contributed by atoms with Gasteiger partial charge in [0.15, 0.2) is 0 Å². The van der Waals surface area contributed by atoms with E-state index in [-0.39, 0.29) is 18.2 Å². The van der Waals surface area contributed by atoms with E-state index in [0.29, 0.717) is 23.9 Å². The molecule has 3 aromatic rings. The topological polar surface area (TPSA) is 98.1 Å². The quantitative estimate of drug-likeness (QED) is 0.585. The van der Waals surface area contributed by atoms with E-state index in [1.165, 1.54) is 0 Å². The monoisotopic (exact) mass is 419 g/mol. The Balaban J connectivity index is 1.54. The summed E-state index contributed by atoms with van der Waals surface area (Å²) in [6.45, 7) is 2.37. The summed E-state index contributed by atoms with van der Waals surface area (Å²) < 4.78 is 6.62. The van der Waals surface area contributed by atoms with Crippen LogP contribution in [0.2, 0.25) is 0 Å². The Morgan fingerprint density at radius 2 is 2.03 bits per heavy atom. The van der Waals surface area contributed by atoms with Gasteiger partial charge in [-0.15, -0.1) is 0 Å². The zero-order chi connectivity index (χ0) is 21.8. The lowest BCUT2D eigenvalue weighted by Crippen LogP contribution is -2.25. The molecular formula is C23H25N5O3. The van der Waals surface area contributed by atoms with Crippen molar-refractivity contribution >= 4 is 17.5 Å². The minimum absolute atomic E-state index is 0.0442.